The van der Waals surface area contributed by atoms with Crippen LogP contribution >= 0.6 is 15.9 Å². The van der Waals surface area contributed by atoms with Crippen LogP contribution in [0.3, 0.4) is 0 Å². The number of benzene rings is 1. The van der Waals surface area contributed by atoms with Gasteiger partial charge in [-0.1, -0.05) is 6.07 Å². The summed E-state index contributed by atoms with van der Waals surface area (Å²) in [5.41, 5.74) is 3.48. The van der Waals surface area contributed by atoms with E-state index in [4.69, 9.17) is 0 Å². The molecule has 3 aromatic heterocycles. The minimum absolute atomic E-state index is 0.0751. The Morgan fingerprint density at radius 3 is 2.60 bits per heavy atom. The fourth-order valence-corrected chi connectivity index (χ4v) is 3.02. The van der Waals surface area contributed by atoms with E-state index in [2.05, 4.69) is 25.9 Å². The molecule has 0 aliphatic carbocycles. The van der Waals surface area contributed by atoms with Gasteiger partial charge in [0.25, 0.3) is 0 Å². The maximum absolute atomic E-state index is 12.5. The van der Waals surface area contributed by atoms with Gasteiger partial charge in [0, 0.05) is 41.6 Å². The second-order valence-corrected chi connectivity index (χ2v) is 6.55. The number of pyridine rings is 2. The lowest BCUT2D eigenvalue weighted by molar-refractivity contribution is 0.0993. The Kier molecular flexibility index (Phi) is 4.15. The van der Waals surface area contributed by atoms with E-state index in [0.717, 1.165) is 26.9 Å². The number of carbonyl (C=O) groups is 1. The lowest BCUT2D eigenvalue weighted by Gasteiger charge is -2.06. The van der Waals surface area contributed by atoms with Gasteiger partial charge in [-0.25, -0.2) is 9.97 Å². The van der Waals surface area contributed by atoms with Gasteiger partial charge in [0.2, 0.25) is 0 Å². The molecular weight excluding hydrogens is 378 g/mol. The Bertz CT molecular complexity index is 1040. The Balaban J connectivity index is 1.57. The topological polar surface area (TPSA) is 47.8 Å². The first kappa shape index (κ1) is 15.7. The molecule has 0 aliphatic rings. The van der Waals surface area contributed by atoms with E-state index in [1.165, 1.54) is 0 Å². The number of halogens is 1. The van der Waals surface area contributed by atoms with E-state index in [1.807, 2.05) is 65.4 Å². The predicted octanol–water partition coefficient (Wildman–Crippen LogP) is 4.61. The van der Waals surface area contributed by atoms with Crippen molar-refractivity contribution in [3.8, 4) is 5.69 Å². The number of carbonyl (C=O) groups excluding carboxylic acids is 1. The number of fused-ring (bicyclic) bond motifs is 1. The molecule has 0 atom stereocenters. The molecule has 0 N–H and O–H groups in total. The van der Waals surface area contributed by atoms with Gasteiger partial charge >= 0.3 is 0 Å². The second kappa shape index (κ2) is 6.61. The average Bonchev–Trinajstić information content (AvgIpc) is 3.08. The molecular formula is C20H14BrN3O. The maximum Gasteiger partial charge on any atom is 0.167 e. The van der Waals surface area contributed by atoms with E-state index in [1.54, 1.807) is 12.4 Å². The van der Waals surface area contributed by atoms with Crippen molar-refractivity contribution in [1.29, 1.82) is 0 Å². The minimum atomic E-state index is 0.0751. The van der Waals surface area contributed by atoms with Gasteiger partial charge in [-0.15, -0.1) is 0 Å². The van der Waals surface area contributed by atoms with Crippen molar-refractivity contribution >= 4 is 32.7 Å². The third kappa shape index (κ3) is 3.23. The van der Waals surface area contributed by atoms with Crippen molar-refractivity contribution in [2.24, 2.45) is 0 Å². The molecule has 0 saturated carbocycles. The zero-order valence-corrected chi connectivity index (χ0v) is 14.8. The summed E-state index contributed by atoms with van der Waals surface area (Å²) in [6, 6.07) is 17.3. The molecule has 0 unspecified atom stereocenters. The smallest absolute Gasteiger partial charge is 0.167 e. The quantitative estimate of drug-likeness (QED) is 0.377. The molecule has 4 nitrogen and oxygen atoms in total. The van der Waals surface area contributed by atoms with Crippen LogP contribution in [-0.4, -0.2) is 20.3 Å². The van der Waals surface area contributed by atoms with E-state index >= 15 is 0 Å². The van der Waals surface area contributed by atoms with Crippen LogP contribution in [-0.2, 0) is 6.42 Å². The van der Waals surface area contributed by atoms with Gasteiger partial charge in [0.15, 0.2) is 5.78 Å². The van der Waals surface area contributed by atoms with E-state index in [9.17, 15) is 4.79 Å². The molecule has 0 saturated heterocycles. The Morgan fingerprint density at radius 2 is 1.84 bits per heavy atom. The van der Waals surface area contributed by atoms with Crippen LogP contribution in [0, 0.1) is 0 Å². The van der Waals surface area contributed by atoms with Gasteiger partial charge in [0.1, 0.15) is 10.3 Å². The highest BCUT2D eigenvalue weighted by atomic mass is 79.9. The zero-order valence-electron chi connectivity index (χ0n) is 13.3. The Hall–Kier alpha value is -2.79. The van der Waals surface area contributed by atoms with Crippen LogP contribution in [0.1, 0.15) is 15.9 Å². The highest BCUT2D eigenvalue weighted by molar-refractivity contribution is 9.10. The number of rotatable bonds is 4. The monoisotopic (exact) mass is 391 g/mol. The molecule has 0 aliphatic heterocycles. The molecule has 122 valence electrons. The predicted molar refractivity (Wildman–Crippen MR) is 101 cm³/mol. The minimum Gasteiger partial charge on any atom is -0.301 e. The third-order valence-corrected chi connectivity index (χ3v) is 4.54. The first-order valence-corrected chi connectivity index (χ1v) is 8.66. The first-order valence-electron chi connectivity index (χ1n) is 7.87. The number of aromatic nitrogens is 3. The number of hydrogen-bond donors (Lipinski definition) is 0. The molecule has 3 heterocycles. The van der Waals surface area contributed by atoms with Gasteiger partial charge in [-0.05, 0) is 70.0 Å². The molecule has 0 bridgehead atoms. The van der Waals surface area contributed by atoms with Crippen molar-refractivity contribution in [3.05, 3.63) is 88.9 Å². The van der Waals surface area contributed by atoms with Crippen molar-refractivity contribution in [2.75, 3.05) is 0 Å². The molecule has 5 heteroatoms. The third-order valence-electron chi connectivity index (χ3n) is 4.07. The molecule has 0 amide bonds. The van der Waals surface area contributed by atoms with Gasteiger partial charge in [0.05, 0.1) is 0 Å². The molecule has 25 heavy (non-hydrogen) atoms. The second-order valence-electron chi connectivity index (χ2n) is 5.74. The molecule has 0 fully saturated rings. The number of Topliss-reactive ketones (excluding diaryl/α,β-unsaturated/α-hetero) is 1. The van der Waals surface area contributed by atoms with Gasteiger partial charge < -0.3 is 4.57 Å². The fourth-order valence-electron chi connectivity index (χ4n) is 2.78. The van der Waals surface area contributed by atoms with Gasteiger partial charge in [-0.2, -0.15) is 0 Å². The number of hydrogen-bond acceptors (Lipinski definition) is 3. The summed E-state index contributed by atoms with van der Waals surface area (Å²) in [6.45, 7) is 0. The molecule has 0 spiro atoms. The van der Waals surface area contributed by atoms with Crippen LogP contribution in [0.5, 0.6) is 0 Å². The highest BCUT2D eigenvalue weighted by Gasteiger charge is 2.09. The fraction of sp³-hybridized carbons (Fsp3) is 0.0500. The molecule has 0 radical (unpaired) electrons. The summed E-state index contributed by atoms with van der Waals surface area (Å²) in [4.78, 5) is 21.0. The summed E-state index contributed by atoms with van der Waals surface area (Å²) in [5.74, 6) is 0.0751. The zero-order chi connectivity index (χ0) is 17.2. The summed E-state index contributed by atoms with van der Waals surface area (Å²) in [7, 11) is 0. The Morgan fingerprint density at radius 1 is 1.00 bits per heavy atom. The van der Waals surface area contributed by atoms with Crippen LogP contribution < -0.4 is 0 Å². The van der Waals surface area contributed by atoms with Crippen molar-refractivity contribution in [1.82, 2.24) is 14.5 Å². The summed E-state index contributed by atoms with van der Waals surface area (Å²) in [6.07, 6.45) is 5.83. The molecule has 1 aromatic carbocycles. The number of ketones is 1. The van der Waals surface area contributed by atoms with Crippen LogP contribution in [0.25, 0.3) is 16.7 Å². The van der Waals surface area contributed by atoms with Crippen molar-refractivity contribution in [3.63, 3.8) is 0 Å². The normalized spacial score (nSPS) is 10.9. The van der Waals surface area contributed by atoms with Gasteiger partial charge in [-0.3, -0.25) is 4.79 Å². The Labute approximate surface area is 153 Å². The lowest BCUT2D eigenvalue weighted by Crippen LogP contribution is -2.04. The largest absolute Gasteiger partial charge is 0.301 e. The summed E-state index contributed by atoms with van der Waals surface area (Å²) in [5, 5.41) is 1.09. The van der Waals surface area contributed by atoms with E-state index in [-0.39, 0.29) is 5.78 Å². The lowest BCUT2D eigenvalue weighted by atomic mass is 10.0. The molecule has 4 rings (SSSR count). The van der Waals surface area contributed by atoms with Crippen LogP contribution in [0.15, 0.2) is 77.8 Å². The van der Waals surface area contributed by atoms with Crippen molar-refractivity contribution < 1.29 is 4.79 Å². The van der Waals surface area contributed by atoms with Crippen LogP contribution in [0.2, 0.25) is 0 Å². The van der Waals surface area contributed by atoms with E-state index < -0.39 is 0 Å². The SMILES string of the molecule is O=C(Cc1ccc(Br)nc1)c1ccc(-n2ccc3cccnc32)cc1. The van der Waals surface area contributed by atoms with Crippen molar-refractivity contribution in [2.45, 2.75) is 6.42 Å². The molecule has 4 aromatic rings. The standard InChI is InChI=1S/C20H14BrN3O/c21-19-8-3-14(13-23-19)12-18(25)15-4-6-17(7-5-15)24-11-9-16-2-1-10-22-20(16)24/h1-11,13H,12H2. The first-order chi connectivity index (χ1) is 12.2. The summed E-state index contributed by atoms with van der Waals surface area (Å²) < 4.78 is 2.78. The number of nitrogens with zero attached hydrogens (tertiary/aromatic N) is 3. The van der Waals surface area contributed by atoms with Crippen LogP contribution in [0.4, 0.5) is 0 Å². The average molecular weight is 392 g/mol. The van der Waals surface area contributed by atoms with E-state index in [0.29, 0.717) is 12.0 Å². The highest BCUT2D eigenvalue weighted by Crippen LogP contribution is 2.19. The maximum atomic E-state index is 12.5. The summed E-state index contributed by atoms with van der Waals surface area (Å²) >= 11 is 3.30.